The molecule has 0 saturated carbocycles. The number of halogens is 4. The van der Waals surface area contributed by atoms with E-state index in [1.54, 1.807) is 41.3 Å². The van der Waals surface area contributed by atoms with Crippen molar-refractivity contribution in [1.29, 1.82) is 0 Å². The third-order valence-electron chi connectivity index (χ3n) is 5.33. The van der Waals surface area contributed by atoms with Crippen molar-refractivity contribution in [3.05, 3.63) is 83.4 Å². The van der Waals surface area contributed by atoms with Crippen LogP contribution < -0.4 is 4.90 Å². The first-order valence-corrected chi connectivity index (χ1v) is 11.0. The minimum atomic E-state index is -4.41. The molecule has 0 atom stereocenters. The maximum absolute atomic E-state index is 12.8. The Balaban J connectivity index is 1.76. The summed E-state index contributed by atoms with van der Waals surface area (Å²) in [5.74, 6) is -0.918. The number of anilines is 1. The fourth-order valence-corrected chi connectivity index (χ4v) is 3.85. The van der Waals surface area contributed by atoms with Gasteiger partial charge in [0.1, 0.15) is 6.33 Å². The summed E-state index contributed by atoms with van der Waals surface area (Å²) in [7, 11) is 0. The first-order valence-electron chi connectivity index (χ1n) is 10.7. The number of carbonyl (C=O) groups excluding carboxylic acids is 2. The molecule has 36 heavy (non-hydrogen) atoms. The summed E-state index contributed by atoms with van der Waals surface area (Å²) >= 11 is 6.05. The lowest BCUT2D eigenvalue weighted by molar-refractivity contribution is -0.137. The van der Waals surface area contributed by atoms with Gasteiger partial charge in [0, 0.05) is 30.6 Å². The van der Waals surface area contributed by atoms with Crippen molar-refractivity contribution in [3.8, 4) is 22.4 Å². The summed E-state index contributed by atoms with van der Waals surface area (Å²) in [6.45, 7) is 2.74. The highest BCUT2D eigenvalue weighted by Crippen LogP contribution is 2.37. The SMILES string of the molecule is CC(=O)N(C(C)=O)c1ncnc(-c2cnn(Cc3ccc(C(F)(F)F)cc3)c2)c1-c1ccc(Cl)cc1. The van der Waals surface area contributed by atoms with Gasteiger partial charge in [0.2, 0.25) is 11.8 Å². The molecule has 2 aromatic heterocycles. The molecule has 4 aromatic rings. The largest absolute Gasteiger partial charge is 0.416 e. The predicted octanol–water partition coefficient (Wildman–Crippen LogP) is 5.63. The summed E-state index contributed by atoms with van der Waals surface area (Å²) in [5, 5.41) is 4.82. The van der Waals surface area contributed by atoms with Crippen LogP contribution in [0.3, 0.4) is 0 Å². The van der Waals surface area contributed by atoms with Crippen LogP contribution in [-0.4, -0.2) is 31.6 Å². The topological polar surface area (TPSA) is 81.0 Å². The lowest BCUT2D eigenvalue weighted by Crippen LogP contribution is -2.34. The number of imide groups is 1. The average Bonchev–Trinajstić information content (AvgIpc) is 3.27. The van der Waals surface area contributed by atoms with Gasteiger partial charge < -0.3 is 0 Å². The van der Waals surface area contributed by atoms with Gasteiger partial charge >= 0.3 is 6.18 Å². The maximum Gasteiger partial charge on any atom is 0.416 e. The lowest BCUT2D eigenvalue weighted by atomic mass is 10.0. The zero-order chi connectivity index (χ0) is 26.0. The first-order chi connectivity index (χ1) is 17.0. The van der Waals surface area contributed by atoms with Crippen LogP contribution in [0.5, 0.6) is 0 Å². The molecule has 184 valence electrons. The Hall–Kier alpha value is -4.05. The van der Waals surface area contributed by atoms with Crippen molar-refractivity contribution in [1.82, 2.24) is 19.7 Å². The Labute approximate surface area is 209 Å². The van der Waals surface area contributed by atoms with Crippen molar-refractivity contribution in [3.63, 3.8) is 0 Å². The Kier molecular flexibility index (Phi) is 6.89. The second kappa shape index (κ2) is 9.90. The molecule has 11 heteroatoms. The summed E-state index contributed by atoms with van der Waals surface area (Å²) in [6.07, 6.45) is 0.0561. The van der Waals surface area contributed by atoms with Gasteiger partial charge in [-0.2, -0.15) is 18.3 Å². The van der Waals surface area contributed by atoms with Crippen molar-refractivity contribution in [2.24, 2.45) is 0 Å². The molecular weight excluding hydrogens is 495 g/mol. The summed E-state index contributed by atoms with van der Waals surface area (Å²) in [4.78, 5) is 34.2. The zero-order valence-corrected chi connectivity index (χ0v) is 19.9. The highest BCUT2D eigenvalue weighted by Gasteiger charge is 2.30. The van der Waals surface area contributed by atoms with E-state index in [1.807, 2.05) is 0 Å². The number of hydrogen-bond acceptors (Lipinski definition) is 5. The third kappa shape index (κ3) is 5.28. The van der Waals surface area contributed by atoms with Crippen LogP contribution in [0.2, 0.25) is 5.02 Å². The molecule has 0 radical (unpaired) electrons. The van der Waals surface area contributed by atoms with E-state index in [0.29, 0.717) is 33.0 Å². The van der Waals surface area contributed by atoms with Crippen LogP contribution in [0.15, 0.2) is 67.3 Å². The van der Waals surface area contributed by atoms with Gasteiger partial charge in [-0.15, -0.1) is 0 Å². The molecule has 0 aliphatic rings. The molecule has 0 N–H and O–H groups in total. The molecule has 2 heterocycles. The molecule has 7 nitrogen and oxygen atoms in total. The Morgan fingerprint density at radius 3 is 2.17 bits per heavy atom. The number of carbonyl (C=O) groups is 2. The molecule has 0 bridgehead atoms. The van der Waals surface area contributed by atoms with E-state index in [0.717, 1.165) is 17.0 Å². The minimum Gasteiger partial charge on any atom is -0.274 e. The Morgan fingerprint density at radius 1 is 0.944 bits per heavy atom. The van der Waals surface area contributed by atoms with Gasteiger partial charge in [-0.25, -0.2) is 14.9 Å². The van der Waals surface area contributed by atoms with E-state index in [2.05, 4.69) is 15.1 Å². The minimum absolute atomic E-state index is 0.109. The molecule has 0 saturated heterocycles. The van der Waals surface area contributed by atoms with Gasteiger partial charge in [0.05, 0.1) is 29.6 Å². The molecule has 0 fully saturated rings. The van der Waals surface area contributed by atoms with Gasteiger partial charge in [-0.1, -0.05) is 35.9 Å². The number of benzene rings is 2. The number of alkyl halides is 3. The quantitative estimate of drug-likeness (QED) is 0.345. The highest BCUT2D eigenvalue weighted by atomic mass is 35.5. The number of aromatic nitrogens is 4. The van der Waals surface area contributed by atoms with E-state index >= 15 is 0 Å². The fraction of sp³-hybridized carbons (Fsp3) is 0.160. The van der Waals surface area contributed by atoms with Crippen LogP contribution in [-0.2, 0) is 22.3 Å². The second-order valence-corrected chi connectivity index (χ2v) is 8.36. The molecule has 0 aliphatic carbocycles. The van der Waals surface area contributed by atoms with Crippen molar-refractivity contribution in [2.45, 2.75) is 26.6 Å². The molecule has 4 rings (SSSR count). The maximum atomic E-state index is 12.8. The number of rotatable bonds is 5. The second-order valence-electron chi connectivity index (χ2n) is 7.92. The van der Waals surface area contributed by atoms with E-state index < -0.39 is 23.6 Å². The smallest absolute Gasteiger partial charge is 0.274 e. The van der Waals surface area contributed by atoms with Crippen molar-refractivity contribution >= 4 is 29.2 Å². The standard InChI is InChI=1S/C25H19ClF3N5O2/c1-15(35)34(16(2)36)24-22(18-5-9-21(26)10-6-18)23(30-14-31-24)19-11-32-33(13-19)12-17-3-7-20(8-4-17)25(27,28)29/h3-11,13-14H,12H2,1-2H3. The van der Waals surface area contributed by atoms with E-state index in [-0.39, 0.29) is 12.4 Å². The molecule has 0 spiro atoms. The average molecular weight is 514 g/mol. The van der Waals surface area contributed by atoms with Crippen LogP contribution in [0.4, 0.5) is 19.0 Å². The number of nitrogens with zero attached hydrogens (tertiary/aromatic N) is 5. The first kappa shape index (κ1) is 25.1. The van der Waals surface area contributed by atoms with Gasteiger partial charge in [0.25, 0.3) is 0 Å². The van der Waals surface area contributed by atoms with Crippen LogP contribution in [0.1, 0.15) is 25.0 Å². The van der Waals surface area contributed by atoms with Crippen molar-refractivity contribution in [2.75, 3.05) is 4.90 Å². The van der Waals surface area contributed by atoms with Gasteiger partial charge in [-0.05, 0) is 35.4 Å². The molecular formula is C25H19ClF3N5O2. The molecule has 0 aliphatic heterocycles. The van der Waals surface area contributed by atoms with Crippen LogP contribution >= 0.6 is 11.6 Å². The van der Waals surface area contributed by atoms with Crippen molar-refractivity contribution < 1.29 is 22.8 Å². The summed E-state index contributed by atoms with van der Waals surface area (Å²) in [5.41, 5.74) is 1.91. The normalized spacial score (nSPS) is 11.4. The predicted molar refractivity (Wildman–Crippen MR) is 128 cm³/mol. The number of hydrogen-bond donors (Lipinski definition) is 0. The van der Waals surface area contributed by atoms with Crippen LogP contribution in [0.25, 0.3) is 22.4 Å². The monoisotopic (exact) mass is 513 g/mol. The summed E-state index contributed by atoms with van der Waals surface area (Å²) < 4.78 is 40.1. The fourth-order valence-electron chi connectivity index (χ4n) is 3.73. The van der Waals surface area contributed by atoms with E-state index in [9.17, 15) is 22.8 Å². The number of amides is 2. The molecule has 2 amide bonds. The summed E-state index contributed by atoms with van der Waals surface area (Å²) in [6, 6.07) is 11.6. The van der Waals surface area contributed by atoms with Gasteiger partial charge in [-0.3, -0.25) is 14.3 Å². The molecule has 0 unspecified atom stereocenters. The Morgan fingerprint density at radius 2 is 1.58 bits per heavy atom. The van der Waals surface area contributed by atoms with E-state index in [1.165, 1.54) is 32.3 Å². The highest BCUT2D eigenvalue weighted by molar-refractivity contribution is 6.30. The Bertz CT molecular complexity index is 1400. The van der Waals surface area contributed by atoms with E-state index in [4.69, 9.17) is 11.6 Å². The van der Waals surface area contributed by atoms with Crippen LogP contribution in [0, 0.1) is 0 Å². The molecule has 2 aromatic carbocycles. The van der Waals surface area contributed by atoms with Gasteiger partial charge in [0.15, 0.2) is 5.82 Å². The lowest BCUT2D eigenvalue weighted by Gasteiger charge is -2.21. The zero-order valence-electron chi connectivity index (χ0n) is 19.1. The third-order valence-corrected chi connectivity index (χ3v) is 5.59.